The zero-order chi connectivity index (χ0) is 15.0. The van der Waals surface area contributed by atoms with Gasteiger partial charge in [-0.2, -0.15) is 5.10 Å². The lowest BCUT2D eigenvalue weighted by molar-refractivity contribution is -0.128. The minimum absolute atomic E-state index is 0.0136. The Morgan fingerprint density at radius 3 is 3.00 bits per heavy atom. The van der Waals surface area contributed by atoms with Crippen LogP contribution in [0.4, 0.5) is 0 Å². The van der Waals surface area contributed by atoms with E-state index in [2.05, 4.69) is 10.4 Å². The van der Waals surface area contributed by atoms with Crippen molar-refractivity contribution in [2.24, 2.45) is 5.73 Å². The summed E-state index contributed by atoms with van der Waals surface area (Å²) >= 11 is 0. The molecule has 1 aliphatic carbocycles. The largest absolute Gasteiger partial charge is 0.347 e. The minimum Gasteiger partial charge on any atom is -0.347 e. The Balaban J connectivity index is 1.56. The predicted molar refractivity (Wildman–Crippen MR) is 76.5 cm³/mol. The average molecular weight is 291 g/mol. The van der Waals surface area contributed by atoms with Crippen molar-refractivity contribution in [3.63, 3.8) is 0 Å². The van der Waals surface area contributed by atoms with Crippen LogP contribution in [0.2, 0.25) is 0 Å². The normalized spacial score (nSPS) is 23.4. The molecule has 1 aromatic heterocycles. The number of amides is 2. The van der Waals surface area contributed by atoms with Gasteiger partial charge in [-0.3, -0.25) is 14.3 Å². The van der Waals surface area contributed by atoms with Crippen LogP contribution in [0.1, 0.15) is 36.5 Å². The van der Waals surface area contributed by atoms with Crippen LogP contribution < -0.4 is 11.1 Å². The SMILES string of the molecule is CC(N)Cn1cc(C(=O)NC2CC(=O)N(C3CC3)C2)cn1. The van der Waals surface area contributed by atoms with Gasteiger partial charge in [-0.05, 0) is 19.8 Å². The summed E-state index contributed by atoms with van der Waals surface area (Å²) in [6.45, 7) is 3.09. The number of nitrogens with two attached hydrogens (primary N) is 1. The highest BCUT2D eigenvalue weighted by molar-refractivity contribution is 5.94. The molecular weight excluding hydrogens is 270 g/mol. The molecule has 2 unspecified atom stereocenters. The summed E-state index contributed by atoms with van der Waals surface area (Å²) < 4.78 is 1.66. The van der Waals surface area contributed by atoms with Gasteiger partial charge < -0.3 is 16.0 Å². The second-order valence-corrected chi connectivity index (χ2v) is 6.08. The fraction of sp³-hybridized carbons (Fsp3) is 0.643. The van der Waals surface area contributed by atoms with Crippen LogP contribution in [0.25, 0.3) is 0 Å². The average Bonchev–Trinajstić information content (AvgIpc) is 3.03. The Bertz CT molecular complexity index is 549. The summed E-state index contributed by atoms with van der Waals surface area (Å²) in [6, 6.07) is 0.302. The number of carbonyl (C=O) groups excluding carboxylic acids is 2. The number of nitrogens with one attached hydrogen (secondary N) is 1. The van der Waals surface area contributed by atoms with Crippen LogP contribution in [0.15, 0.2) is 12.4 Å². The molecule has 1 aromatic rings. The van der Waals surface area contributed by atoms with Crippen molar-refractivity contribution in [3.05, 3.63) is 18.0 Å². The minimum atomic E-state index is -0.179. The highest BCUT2D eigenvalue weighted by Crippen LogP contribution is 2.30. The van der Waals surface area contributed by atoms with Crippen LogP contribution in [-0.4, -0.2) is 51.2 Å². The molecule has 7 heteroatoms. The Kier molecular flexibility index (Phi) is 3.67. The molecular formula is C14H21N5O2. The summed E-state index contributed by atoms with van der Waals surface area (Å²) in [5, 5.41) is 7.04. The van der Waals surface area contributed by atoms with E-state index in [4.69, 9.17) is 5.73 Å². The van der Waals surface area contributed by atoms with Gasteiger partial charge in [-0.15, -0.1) is 0 Å². The molecule has 1 saturated heterocycles. The summed E-state index contributed by atoms with van der Waals surface area (Å²) in [5.74, 6) is -0.0307. The Morgan fingerprint density at radius 1 is 1.57 bits per heavy atom. The third kappa shape index (κ3) is 3.24. The highest BCUT2D eigenvalue weighted by Gasteiger charge is 2.39. The number of aromatic nitrogens is 2. The van der Waals surface area contributed by atoms with E-state index >= 15 is 0 Å². The molecule has 3 rings (SSSR count). The topological polar surface area (TPSA) is 93.2 Å². The molecule has 0 spiro atoms. The van der Waals surface area contributed by atoms with Gasteiger partial charge in [0.05, 0.1) is 24.3 Å². The van der Waals surface area contributed by atoms with Crippen molar-refractivity contribution >= 4 is 11.8 Å². The second kappa shape index (κ2) is 5.48. The lowest BCUT2D eigenvalue weighted by atomic mass is 10.2. The molecule has 3 N–H and O–H groups in total. The second-order valence-electron chi connectivity index (χ2n) is 6.08. The van der Waals surface area contributed by atoms with E-state index in [-0.39, 0.29) is 23.9 Å². The van der Waals surface area contributed by atoms with Gasteiger partial charge in [0.15, 0.2) is 0 Å². The summed E-state index contributed by atoms with van der Waals surface area (Å²) in [4.78, 5) is 25.9. The predicted octanol–water partition coefficient (Wildman–Crippen LogP) is -0.277. The Labute approximate surface area is 123 Å². The summed E-state index contributed by atoms with van der Waals surface area (Å²) in [5.41, 5.74) is 6.21. The molecule has 1 aliphatic heterocycles. The zero-order valence-electron chi connectivity index (χ0n) is 12.2. The van der Waals surface area contributed by atoms with Gasteiger partial charge in [-0.1, -0.05) is 0 Å². The van der Waals surface area contributed by atoms with Crippen molar-refractivity contribution in [3.8, 4) is 0 Å². The van der Waals surface area contributed by atoms with Crippen molar-refractivity contribution < 1.29 is 9.59 Å². The van der Waals surface area contributed by atoms with Crippen LogP contribution in [-0.2, 0) is 11.3 Å². The van der Waals surface area contributed by atoms with Gasteiger partial charge in [0, 0.05) is 31.2 Å². The van der Waals surface area contributed by atoms with Gasteiger partial charge in [0.2, 0.25) is 5.91 Å². The quantitative estimate of drug-likeness (QED) is 0.780. The fourth-order valence-electron chi connectivity index (χ4n) is 2.71. The van der Waals surface area contributed by atoms with Crippen molar-refractivity contribution in [2.75, 3.05) is 6.54 Å². The maximum absolute atomic E-state index is 12.2. The van der Waals surface area contributed by atoms with Crippen LogP contribution >= 0.6 is 0 Å². The standard InChI is InChI=1S/C14H21N5O2/c1-9(15)6-18-7-10(5-16-18)14(21)17-11-4-13(20)19(8-11)12-2-3-12/h5,7,9,11-12H,2-4,6,8,15H2,1H3,(H,17,21). The number of nitrogens with zero attached hydrogens (tertiary/aromatic N) is 3. The molecule has 2 fully saturated rings. The molecule has 0 radical (unpaired) electrons. The smallest absolute Gasteiger partial charge is 0.254 e. The number of carbonyl (C=O) groups is 2. The number of rotatable bonds is 5. The van der Waals surface area contributed by atoms with E-state index in [1.807, 2.05) is 11.8 Å². The molecule has 2 heterocycles. The van der Waals surface area contributed by atoms with E-state index < -0.39 is 0 Å². The van der Waals surface area contributed by atoms with E-state index in [0.29, 0.717) is 31.1 Å². The molecule has 7 nitrogen and oxygen atoms in total. The summed E-state index contributed by atoms with van der Waals surface area (Å²) in [6.07, 6.45) is 5.81. The first-order valence-electron chi connectivity index (χ1n) is 7.41. The van der Waals surface area contributed by atoms with Gasteiger partial charge in [0.25, 0.3) is 5.91 Å². The molecule has 21 heavy (non-hydrogen) atoms. The summed E-state index contributed by atoms with van der Waals surface area (Å²) in [7, 11) is 0. The maximum Gasteiger partial charge on any atom is 0.254 e. The first-order valence-corrected chi connectivity index (χ1v) is 7.41. The van der Waals surface area contributed by atoms with E-state index in [1.165, 1.54) is 6.20 Å². The van der Waals surface area contributed by atoms with Crippen LogP contribution in [0, 0.1) is 0 Å². The molecule has 0 bridgehead atoms. The molecule has 1 saturated carbocycles. The Hall–Kier alpha value is -1.89. The van der Waals surface area contributed by atoms with Crippen molar-refractivity contribution in [2.45, 2.75) is 50.9 Å². The molecule has 2 atom stereocenters. The van der Waals surface area contributed by atoms with Gasteiger partial charge in [-0.25, -0.2) is 0 Å². The molecule has 2 amide bonds. The van der Waals surface area contributed by atoms with Crippen molar-refractivity contribution in [1.82, 2.24) is 20.0 Å². The van der Waals surface area contributed by atoms with E-state index in [1.54, 1.807) is 10.9 Å². The van der Waals surface area contributed by atoms with E-state index in [0.717, 1.165) is 12.8 Å². The van der Waals surface area contributed by atoms with E-state index in [9.17, 15) is 9.59 Å². The zero-order valence-corrected chi connectivity index (χ0v) is 12.2. The number of hydrogen-bond acceptors (Lipinski definition) is 4. The first-order chi connectivity index (χ1) is 10.0. The first kappa shape index (κ1) is 14.1. The lowest BCUT2D eigenvalue weighted by Crippen LogP contribution is -2.37. The molecule has 2 aliphatic rings. The monoisotopic (exact) mass is 291 g/mol. The van der Waals surface area contributed by atoms with Gasteiger partial charge >= 0.3 is 0 Å². The lowest BCUT2D eigenvalue weighted by Gasteiger charge is -2.15. The molecule has 0 aromatic carbocycles. The third-order valence-corrected chi connectivity index (χ3v) is 3.85. The third-order valence-electron chi connectivity index (χ3n) is 3.85. The van der Waals surface area contributed by atoms with Gasteiger partial charge in [0.1, 0.15) is 0 Å². The number of likely N-dealkylation sites (tertiary alicyclic amines) is 1. The van der Waals surface area contributed by atoms with Crippen molar-refractivity contribution in [1.29, 1.82) is 0 Å². The fourth-order valence-corrected chi connectivity index (χ4v) is 2.71. The molecule has 114 valence electrons. The van der Waals surface area contributed by atoms with Crippen LogP contribution in [0.5, 0.6) is 0 Å². The Morgan fingerprint density at radius 2 is 2.33 bits per heavy atom. The maximum atomic E-state index is 12.2. The number of hydrogen-bond donors (Lipinski definition) is 2. The van der Waals surface area contributed by atoms with Crippen LogP contribution in [0.3, 0.4) is 0 Å². The highest BCUT2D eigenvalue weighted by atomic mass is 16.2.